The average Bonchev–Trinajstić information content (AvgIpc) is 3.25. The van der Waals surface area contributed by atoms with Crippen molar-refractivity contribution >= 4 is 29.9 Å². The van der Waals surface area contributed by atoms with E-state index in [1.807, 2.05) is 47.9 Å². The largest absolute Gasteiger partial charge is 0.494 e. The highest BCUT2D eigenvalue weighted by Gasteiger charge is 2.05. The van der Waals surface area contributed by atoms with Gasteiger partial charge in [0.05, 0.1) is 6.61 Å². The zero-order valence-corrected chi connectivity index (χ0v) is 20.9. The van der Waals surface area contributed by atoms with Gasteiger partial charge in [0, 0.05) is 45.4 Å². The summed E-state index contributed by atoms with van der Waals surface area (Å²) in [4.78, 5) is 8.57. The molecule has 0 spiro atoms. The van der Waals surface area contributed by atoms with Gasteiger partial charge in [-0.15, -0.1) is 34.2 Å². The molecule has 2 heterocycles. The first-order valence-electron chi connectivity index (χ1n) is 10.4. The number of aliphatic imine (C=N–C) groups is 1. The number of guanidine groups is 1. The molecule has 1 aromatic carbocycles. The molecular formula is C22H30IN7O2. The monoisotopic (exact) mass is 551 g/mol. The molecule has 0 amide bonds. The Bertz CT molecular complexity index is 976. The molecule has 0 saturated heterocycles. The van der Waals surface area contributed by atoms with Gasteiger partial charge in [-0.05, 0) is 42.8 Å². The summed E-state index contributed by atoms with van der Waals surface area (Å²) in [6, 6.07) is 11.3. The number of hydrogen-bond donors (Lipinski definition) is 2. The summed E-state index contributed by atoms with van der Waals surface area (Å²) in [7, 11) is 1.75. The Morgan fingerprint density at radius 2 is 1.88 bits per heavy atom. The minimum absolute atomic E-state index is 0. The number of nitrogens with zero attached hydrogens (tertiary/aromatic N) is 5. The maximum atomic E-state index is 5.86. The van der Waals surface area contributed by atoms with Crippen LogP contribution in [-0.4, -0.2) is 45.9 Å². The summed E-state index contributed by atoms with van der Waals surface area (Å²) in [5.41, 5.74) is 1.03. The molecule has 172 valence electrons. The van der Waals surface area contributed by atoms with Crippen molar-refractivity contribution in [3.63, 3.8) is 0 Å². The number of aromatic nitrogens is 4. The third-order valence-electron chi connectivity index (χ3n) is 4.50. The second-order valence-electron chi connectivity index (χ2n) is 6.66. The lowest BCUT2D eigenvalue weighted by Crippen LogP contribution is -2.38. The van der Waals surface area contributed by atoms with Crippen molar-refractivity contribution in [2.45, 2.75) is 33.4 Å². The zero-order chi connectivity index (χ0) is 21.9. The van der Waals surface area contributed by atoms with Crippen molar-refractivity contribution in [2.75, 3.05) is 20.2 Å². The van der Waals surface area contributed by atoms with Gasteiger partial charge in [0.15, 0.2) is 5.96 Å². The number of pyridine rings is 1. The van der Waals surface area contributed by atoms with Gasteiger partial charge in [0.25, 0.3) is 0 Å². The van der Waals surface area contributed by atoms with Crippen LogP contribution in [0.3, 0.4) is 0 Å². The van der Waals surface area contributed by atoms with Crippen LogP contribution in [0.4, 0.5) is 0 Å². The first-order valence-corrected chi connectivity index (χ1v) is 10.4. The van der Waals surface area contributed by atoms with Crippen LogP contribution in [0, 0.1) is 0 Å². The highest BCUT2D eigenvalue weighted by molar-refractivity contribution is 14.0. The molecule has 0 aliphatic rings. The molecular weight excluding hydrogens is 521 g/mol. The molecule has 0 radical (unpaired) electrons. The van der Waals surface area contributed by atoms with Crippen LogP contribution >= 0.6 is 24.0 Å². The van der Waals surface area contributed by atoms with E-state index in [4.69, 9.17) is 9.47 Å². The van der Waals surface area contributed by atoms with Gasteiger partial charge in [-0.1, -0.05) is 6.92 Å². The Labute approximate surface area is 205 Å². The fourth-order valence-electron chi connectivity index (χ4n) is 2.95. The number of rotatable bonds is 10. The van der Waals surface area contributed by atoms with E-state index >= 15 is 0 Å². The minimum atomic E-state index is 0. The summed E-state index contributed by atoms with van der Waals surface area (Å²) in [6.07, 6.45) is 4.34. The number of aryl methyl sites for hydroxylation is 1. The molecule has 0 unspecified atom stereocenters. The molecule has 32 heavy (non-hydrogen) atoms. The molecule has 0 atom stereocenters. The highest BCUT2D eigenvalue weighted by atomic mass is 127. The summed E-state index contributed by atoms with van der Waals surface area (Å²) in [5.74, 6) is 3.75. The fourth-order valence-corrected chi connectivity index (χ4v) is 2.95. The number of hydrogen-bond acceptors (Lipinski definition) is 6. The Kier molecular flexibility index (Phi) is 10.7. The quantitative estimate of drug-likeness (QED) is 0.227. The molecule has 3 aromatic rings. The van der Waals surface area contributed by atoms with Crippen molar-refractivity contribution in [1.29, 1.82) is 0 Å². The van der Waals surface area contributed by atoms with E-state index in [9.17, 15) is 0 Å². The normalized spacial score (nSPS) is 10.9. The van der Waals surface area contributed by atoms with Crippen molar-refractivity contribution in [2.24, 2.45) is 4.99 Å². The lowest BCUT2D eigenvalue weighted by atomic mass is 10.2. The lowest BCUT2D eigenvalue weighted by Gasteiger charge is -2.13. The number of benzene rings is 1. The fraction of sp³-hybridized carbons (Fsp3) is 0.364. The smallest absolute Gasteiger partial charge is 0.219 e. The molecule has 0 fully saturated rings. The Hall–Kier alpha value is -2.89. The second-order valence-corrected chi connectivity index (χ2v) is 6.66. The Morgan fingerprint density at radius 1 is 1.09 bits per heavy atom. The van der Waals surface area contributed by atoms with Crippen LogP contribution in [0.2, 0.25) is 0 Å². The first-order chi connectivity index (χ1) is 15.2. The maximum absolute atomic E-state index is 5.86. The van der Waals surface area contributed by atoms with Crippen molar-refractivity contribution < 1.29 is 9.47 Å². The third kappa shape index (κ3) is 7.66. The van der Waals surface area contributed by atoms with Gasteiger partial charge < -0.3 is 24.7 Å². The van der Waals surface area contributed by atoms with Crippen LogP contribution in [0.25, 0.3) is 0 Å². The van der Waals surface area contributed by atoms with Crippen LogP contribution < -0.4 is 20.1 Å². The zero-order valence-electron chi connectivity index (χ0n) is 18.6. The summed E-state index contributed by atoms with van der Waals surface area (Å²) in [5, 5.41) is 14.7. The highest BCUT2D eigenvalue weighted by Crippen LogP contribution is 2.23. The third-order valence-corrected chi connectivity index (χ3v) is 4.50. The van der Waals surface area contributed by atoms with E-state index in [1.165, 1.54) is 0 Å². The molecule has 0 bridgehead atoms. The number of halogens is 1. The van der Waals surface area contributed by atoms with E-state index in [0.717, 1.165) is 36.1 Å². The van der Waals surface area contributed by atoms with Crippen LogP contribution in [0.1, 0.15) is 25.2 Å². The number of ether oxygens (including phenoxy) is 2. The number of nitrogens with one attached hydrogen (secondary N) is 2. The van der Waals surface area contributed by atoms with Gasteiger partial charge in [0.1, 0.15) is 23.7 Å². The lowest BCUT2D eigenvalue weighted by molar-refractivity contribution is 0.339. The topological polar surface area (TPSA) is 98.5 Å². The molecule has 10 heteroatoms. The van der Waals surface area contributed by atoms with Crippen LogP contribution in [0.15, 0.2) is 53.9 Å². The predicted molar refractivity (Wildman–Crippen MR) is 135 cm³/mol. The van der Waals surface area contributed by atoms with Gasteiger partial charge in [0.2, 0.25) is 5.88 Å². The molecule has 2 aromatic heterocycles. The maximum Gasteiger partial charge on any atom is 0.219 e. The standard InChI is InChI=1S/C22H29N7O2.HI/c1-4-20-28-27-16-29(20)13-12-25-22(23-3)26-15-17-10-11-24-21(14-17)31-19-8-6-18(7-9-19)30-5-2;/h6-11,14,16H,4-5,12-13,15H2,1-3H3,(H2,23,25,26);1H. The van der Waals surface area contributed by atoms with E-state index in [-0.39, 0.29) is 24.0 Å². The summed E-state index contributed by atoms with van der Waals surface area (Å²) in [6.45, 7) is 6.73. The molecule has 9 nitrogen and oxygen atoms in total. The SMILES string of the molecule is CCOc1ccc(Oc2cc(CNC(=NC)NCCn3cnnc3CC)ccn2)cc1.I. The predicted octanol–water partition coefficient (Wildman–Crippen LogP) is 3.41. The van der Waals surface area contributed by atoms with Gasteiger partial charge in [-0.2, -0.15) is 0 Å². The van der Waals surface area contributed by atoms with Crippen molar-refractivity contribution in [1.82, 2.24) is 30.4 Å². The van der Waals surface area contributed by atoms with E-state index in [2.05, 4.69) is 37.7 Å². The van der Waals surface area contributed by atoms with Gasteiger partial charge in [-0.25, -0.2) is 4.98 Å². The van der Waals surface area contributed by atoms with E-state index < -0.39 is 0 Å². The molecule has 0 aliphatic carbocycles. The average molecular weight is 551 g/mol. The van der Waals surface area contributed by atoms with Crippen molar-refractivity contribution in [3.8, 4) is 17.4 Å². The molecule has 0 saturated carbocycles. The van der Waals surface area contributed by atoms with Crippen LogP contribution in [-0.2, 0) is 19.5 Å². The first kappa shape index (κ1) is 25.4. The Balaban J connectivity index is 0.00000363. The second kappa shape index (κ2) is 13.5. The molecule has 2 N–H and O–H groups in total. The van der Waals surface area contributed by atoms with Crippen LogP contribution in [0.5, 0.6) is 17.4 Å². The van der Waals surface area contributed by atoms with Gasteiger partial charge in [-0.3, -0.25) is 4.99 Å². The summed E-state index contributed by atoms with van der Waals surface area (Å²) >= 11 is 0. The van der Waals surface area contributed by atoms with E-state index in [1.54, 1.807) is 19.6 Å². The molecule has 0 aliphatic heterocycles. The Morgan fingerprint density at radius 3 is 2.59 bits per heavy atom. The molecule has 3 rings (SSSR count). The summed E-state index contributed by atoms with van der Waals surface area (Å²) < 4.78 is 13.3. The van der Waals surface area contributed by atoms with Crippen molar-refractivity contribution in [3.05, 3.63) is 60.3 Å². The van der Waals surface area contributed by atoms with Gasteiger partial charge >= 0.3 is 0 Å². The van der Waals surface area contributed by atoms with E-state index in [0.29, 0.717) is 31.3 Å². The minimum Gasteiger partial charge on any atom is -0.494 e.